The van der Waals surface area contributed by atoms with Crippen molar-refractivity contribution >= 4 is 17.4 Å². The summed E-state index contributed by atoms with van der Waals surface area (Å²) in [6, 6.07) is 2.01. The molecule has 1 aliphatic rings. The fraction of sp³-hybridized carbons (Fsp3) is 0.667. The summed E-state index contributed by atoms with van der Waals surface area (Å²) < 4.78 is 2.38. The summed E-state index contributed by atoms with van der Waals surface area (Å²) in [5.74, 6) is 0.0431. The Morgan fingerprint density at radius 1 is 1.50 bits per heavy atom. The minimum atomic E-state index is -0.446. The molecule has 0 spiro atoms. The molecule has 1 heterocycles. The second-order valence-electron chi connectivity index (χ2n) is 5.53. The van der Waals surface area contributed by atoms with Gasteiger partial charge in [-0.15, -0.1) is 11.6 Å². The molecule has 0 amide bonds. The second-order valence-corrected chi connectivity index (χ2v) is 6.19. The van der Waals surface area contributed by atoms with Crippen molar-refractivity contribution in [2.24, 2.45) is 0 Å². The molecular formula is C15H22ClNO. The largest absolute Gasteiger partial charge is 0.342 e. The topological polar surface area (TPSA) is 22.0 Å². The van der Waals surface area contributed by atoms with Crippen LogP contribution < -0.4 is 0 Å². The molecular weight excluding hydrogens is 246 g/mol. The van der Waals surface area contributed by atoms with E-state index in [9.17, 15) is 4.79 Å². The summed E-state index contributed by atoms with van der Waals surface area (Å²) in [7, 11) is 0. The summed E-state index contributed by atoms with van der Waals surface area (Å²) in [6.45, 7) is 8.13. The average Bonchev–Trinajstić information content (AvgIpc) is 2.55. The number of hydrogen-bond donors (Lipinski definition) is 0. The highest BCUT2D eigenvalue weighted by atomic mass is 35.5. The zero-order valence-electron chi connectivity index (χ0n) is 11.7. The summed E-state index contributed by atoms with van der Waals surface area (Å²) >= 11 is 5.93. The van der Waals surface area contributed by atoms with E-state index >= 15 is 0 Å². The lowest BCUT2D eigenvalue weighted by molar-refractivity contribution is 0.0988. The first-order valence-electron chi connectivity index (χ1n) is 6.80. The van der Waals surface area contributed by atoms with Gasteiger partial charge in [-0.05, 0) is 52.5 Å². The molecule has 0 saturated heterocycles. The Morgan fingerprint density at radius 2 is 2.11 bits per heavy atom. The molecule has 0 aromatic carbocycles. The van der Waals surface area contributed by atoms with Crippen LogP contribution in [0.5, 0.6) is 0 Å². The number of nitrogens with zero attached hydrogens (tertiary/aromatic N) is 1. The lowest BCUT2D eigenvalue weighted by Crippen LogP contribution is -2.41. The maximum Gasteiger partial charge on any atom is 0.182 e. The van der Waals surface area contributed by atoms with Crippen LogP contribution in [0.2, 0.25) is 0 Å². The van der Waals surface area contributed by atoms with Gasteiger partial charge in [-0.3, -0.25) is 4.79 Å². The average molecular weight is 268 g/mol. The molecule has 3 heteroatoms. The molecule has 1 atom stereocenters. The zero-order chi connectivity index (χ0) is 13.5. The van der Waals surface area contributed by atoms with E-state index in [0.717, 1.165) is 17.7 Å². The summed E-state index contributed by atoms with van der Waals surface area (Å²) in [6.07, 6.45) is 4.88. The third-order valence-electron chi connectivity index (χ3n) is 4.47. The summed E-state index contributed by atoms with van der Waals surface area (Å²) in [5.41, 5.74) is 3.33. The standard InChI is InChI=1S/C15H22ClNO/c1-5-15(7-6-8-15)17-10(2)9-13(12(17)4)14(18)11(3)16/h9,11H,5-8H2,1-4H3. The number of carbonyl (C=O) groups is 1. The first kappa shape index (κ1) is 13.7. The number of halogens is 1. The minimum Gasteiger partial charge on any atom is -0.342 e. The van der Waals surface area contributed by atoms with Crippen LogP contribution in [0.15, 0.2) is 6.07 Å². The number of aryl methyl sites for hydroxylation is 1. The monoisotopic (exact) mass is 267 g/mol. The molecule has 0 bridgehead atoms. The molecule has 0 radical (unpaired) electrons. The SMILES string of the molecule is CCC1(n2c(C)cc(C(=O)C(C)Cl)c2C)CCC1. The number of Topliss-reactive ketones (excluding diaryl/α,β-unsaturated/α-hetero) is 1. The predicted octanol–water partition coefficient (Wildman–Crippen LogP) is 4.20. The van der Waals surface area contributed by atoms with Crippen LogP contribution in [0.25, 0.3) is 0 Å². The number of alkyl halides is 1. The zero-order valence-corrected chi connectivity index (χ0v) is 12.5. The Bertz CT molecular complexity index is 464. The van der Waals surface area contributed by atoms with Gasteiger partial charge in [0.25, 0.3) is 0 Å². The lowest BCUT2D eigenvalue weighted by Gasteiger charge is -2.45. The van der Waals surface area contributed by atoms with Gasteiger partial charge in [0, 0.05) is 22.5 Å². The molecule has 1 unspecified atom stereocenters. The third-order valence-corrected chi connectivity index (χ3v) is 4.67. The van der Waals surface area contributed by atoms with E-state index in [1.807, 2.05) is 6.07 Å². The number of ketones is 1. The van der Waals surface area contributed by atoms with Gasteiger partial charge in [-0.1, -0.05) is 6.92 Å². The van der Waals surface area contributed by atoms with E-state index in [4.69, 9.17) is 11.6 Å². The van der Waals surface area contributed by atoms with Crippen LogP contribution in [0, 0.1) is 13.8 Å². The van der Waals surface area contributed by atoms with E-state index in [-0.39, 0.29) is 11.3 Å². The highest BCUT2D eigenvalue weighted by Gasteiger charge is 2.39. The minimum absolute atomic E-state index is 0.0431. The highest BCUT2D eigenvalue weighted by molar-refractivity contribution is 6.33. The Morgan fingerprint density at radius 3 is 2.50 bits per heavy atom. The van der Waals surface area contributed by atoms with Gasteiger partial charge in [0.1, 0.15) is 0 Å². The first-order chi connectivity index (χ1) is 8.43. The molecule has 1 aromatic heterocycles. The van der Waals surface area contributed by atoms with Crippen molar-refractivity contribution in [2.75, 3.05) is 0 Å². The smallest absolute Gasteiger partial charge is 0.182 e. The van der Waals surface area contributed by atoms with Crippen molar-refractivity contribution in [3.63, 3.8) is 0 Å². The molecule has 18 heavy (non-hydrogen) atoms. The van der Waals surface area contributed by atoms with E-state index in [1.54, 1.807) is 6.92 Å². The quantitative estimate of drug-likeness (QED) is 0.592. The van der Waals surface area contributed by atoms with Crippen molar-refractivity contribution in [3.05, 3.63) is 23.0 Å². The van der Waals surface area contributed by atoms with Crippen LogP contribution in [-0.4, -0.2) is 15.7 Å². The van der Waals surface area contributed by atoms with E-state index in [2.05, 4.69) is 25.3 Å². The van der Waals surface area contributed by atoms with Crippen LogP contribution in [0.4, 0.5) is 0 Å². The van der Waals surface area contributed by atoms with Gasteiger partial charge in [0.2, 0.25) is 0 Å². The maximum absolute atomic E-state index is 12.1. The molecule has 1 saturated carbocycles. The van der Waals surface area contributed by atoms with Crippen LogP contribution >= 0.6 is 11.6 Å². The molecule has 1 fully saturated rings. The first-order valence-corrected chi connectivity index (χ1v) is 7.24. The molecule has 2 nitrogen and oxygen atoms in total. The maximum atomic E-state index is 12.1. The number of aromatic nitrogens is 1. The van der Waals surface area contributed by atoms with Gasteiger partial charge < -0.3 is 4.57 Å². The fourth-order valence-corrected chi connectivity index (χ4v) is 3.39. The van der Waals surface area contributed by atoms with E-state index in [1.165, 1.54) is 25.0 Å². The van der Waals surface area contributed by atoms with Gasteiger partial charge in [0.05, 0.1) is 5.38 Å². The number of carbonyl (C=O) groups excluding carboxylic acids is 1. The predicted molar refractivity (Wildman–Crippen MR) is 75.7 cm³/mol. The number of hydrogen-bond acceptors (Lipinski definition) is 1. The van der Waals surface area contributed by atoms with E-state index in [0.29, 0.717) is 0 Å². The summed E-state index contributed by atoms with van der Waals surface area (Å²) in [4.78, 5) is 12.1. The Balaban J connectivity index is 2.47. The van der Waals surface area contributed by atoms with Crippen molar-refractivity contribution < 1.29 is 4.79 Å². The molecule has 100 valence electrons. The highest BCUT2D eigenvalue weighted by Crippen LogP contribution is 2.44. The van der Waals surface area contributed by atoms with Crippen molar-refractivity contribution in [3.8, 4) is 0 Å². The van der Waals surface area contributed by atoms with Gasteiger partial charge in [-0.2, -0.15) is 0 Å². The van der Waals surface area contributed by atoms with Crippen LogP contribution in [-0.2, 0) is 5.54 Å². The van der Waals surface area contributed by atoms with Crippen molar-refractivity contribution in [1.82, 2.24) is 4.57 Å². The third kappa shape index (κ3) is 1.91. The Labute approximate surface area is 114 Å². The van der Waals surface area contributed by atoms with E-state index < -0.39 is 5.38 Å². The van der Waals surface area contributed by atoms with Crippen molar-refractivity contribution in [1.29, 1.82) is 0 Å². The van der Waals surface area contributed by atoms with Gasteiger partial charge >= 0.3 is 0 Å². The molecule has 0 aliphatic heterocycles. The van der Waals surface area contributed by atoms with Crippen LogP contribution in [0.1, 0.15) is 61.3 Å². The fourth-order valence-electron chi connectivity index (χ4n) is 3.28. The van der Waals surface area contributed by atoms with Gasteiger partial charge in [0.15, 0.2) is 5.78 Å². The molecule has 0 N–H and O–H groups in total. The molecule has 2 rings (SSSR count). The Kier molecular flexibility index (Phi) is 3.59. The van der Waals surface area contributed by atoms with Crippen LogP contribution in [0.3, 0.4) is 0 Å². The second kappa shape index (κ2) is 4.73. The van der Waals surface area contributed by atoms with Gasteiger partial charge in [-0.25, -0.2) is 0 Å². The lowest BCUT2D eigenvalue weighted by atomic mass is 9.74. The number of rotatable bonds is 4. The van der Waals surface area contributed by atoms with Crippen molar-refractivity contribution in [2.45, 2.75) is 64.3 Å². The normalized spacial score (nSPS) is 19.4. The summed E-state index contributed by atoms with van der Waals surface area (Å²) in [5, 5.41) is -0.446. The molecule has 1 aliphatic carbocycles. The molecule has 1 aromatic rings. The Hall–Kier alpha value is -0.760.